The van der Waals surface area contributed by atoms with Gasteiger partial charge in [-0.1, -0.05) is 70.6 Å². The van der Waals surface area contributed by atoms with Crippen LogP contribution in [0.3, 0.4) is 0 Å². The third-order valence-electron chi connectivity index (χ3n) is 10.8. The first-order chi connectivity index (χ1) is 26.6. The smallest absolute Gasteiger partial charge is 0.172 e. The van der Waals surface area contributed by atoms with Gasteiger partial charge < -0.3 is 18.8 Å². The number of nitrogens with zero attached hydrogens (tertiary/aromatic N) is 6. The summed E-state index contributed by atoms with van der Waals surface area (Å²) in [6.45, 7) is 10.2. The van der Waals surface area contributed by atoms with E-state index in [1.54, 1.807) is 11.3 Å². The summed E-state index contributed by atoms with van der Waals surface area (Å²) < 4.78 is 13.8. The number of benzene rings is 2. The Morgan fingerprint density at radius 1 is 0.745 bits per heavy atom. The maximum atomic E-state index is 10.1. The molecule has 0 saturated carbocycles. The van der Waals surface area contributed by atoms with Crippen molar-refractivity contribution in [1.82, 2.24) is 9.13 Å². The lowest BCUT2D eigenvalue weighted by Gasteiger charge is -2.20. The molecule has 55 heavy (non-hydrogen) atoms. The van der Waals surface area contributed by atoms with Crippen LogP contribution in [0.25, 0.3) is 58.8 Å². The van der Waals surface area contributed by atoms with Crippen molar-refractivity contribution in [3.05, 3.63) is 82.0 Å². The van der Waals surface area contributed by atoms with E-state index in [2.05, 4.69) is 103 Å². The first kappa shape index (κ1) is 38.0. The van der Waals surface area contributed by atoms with Crippen molar-refractivity contribution < 1.29 is 4.74 Å². The van der Waals surface area contributed by atoms with Crippen LogP contribution < -0.4 is 4.90 Å². The molecule has 0 aliphatic carbocycles. The highest BCUT2D eigenvalue weighted by Crippen LogP contribution is 2.45. The molecule has 4 aromatic heterocycles. The number of hydrogen-bond acceptors (Lipinski definition) is 7. The first-order valence-electron chi connectivity index (χ1n) is 19.5. The number of unbranched alkanes of at least 4 members (excludes halogenated alkanes) is 6. The minimum atomic E-state index is -0.857. The highest BCUT2D eigenvalue weighted by Gasteiger charge is 2.38. The molecule has 7 rings (SSSR count). The van der Waals surface area contributed by atoms with Gasteiger partial charge >= 0.3 is 0 Å². The van der Waals surface area contributed by atoms with Crippen LogP contribution in [0, 0.1) is 34.0 Å². The van der Waals surface area contributed by atoms with Crippen molar-refractivity contribution in [3.63, 3.8) is 0 Å². The average Bonchev–Trinajstić information content (AvgIpc) is 3.97. The van der Waals surface area contributed by atoms with Gasteiger partial charge in [-0.3, -0.25) is 0 Å². The van der Waals surface area contributed by atoms with Gasteiger partial charge in [-0.2, -0.15) is 15.8 Å². The summed E-state index contributed by atoms with van der Waals surface area (Å²) in [5.41, 5.74) is 7.45. The lowest BCUT2D eigenvalue weighted by Crippen LogP contribution is -2.20. The van der Waals surface area contributed by atoms with Crippen LogP contribution in [0.2, 0.25) is 0 Å². The molecule has 0 fully saturated rings. The van der Waals surface area contributed by atoms with Crippen molar-refractivity contribution >= 4 is 76.7 Å². The van der Waals surface area contributed by atoms with E-state index in [-0.39, 0.29) is 16.9 Å². The van der Waals surface area contributed by atoms with Gasteiger partial charge in [0.25, 0.3) is 0 Å². The Morgan fingerprint density at radius 2 is 1.33 bits per heavy atom. The molecular formula is C46H48N6OS2. The van der Waals surface area contributed by atoms with Crippen LogP contribution in [0.15, 0.2) is 77.1 Å². The molecule has 0 spiro atoms. The summed E-state index contributed by atoms with van der Waals surface area (Å²) in [6, 6.07) is 24.5. The van der Waals surface area contributed by atoms with Crippen LogP contribution in [0.1, 0.15) is 83.9 Å². The first-order valence-corrected chi connectivity index (χ1v) is 21.1. The molecule has 0 amide bonds. The number of hydrogen-bond donors (Lipinski definition) is 0. The Hall–Kier alpha value is -5.27. The SMILES string of the molecule is CCCCCCn1c2cc3c4sc(-c5ccc(N(C)C)cc5)cc4n(CCCCCC)c3cc2c2sc(/C=C/C3=C(C#N)C(=C(C#N)C#N)OC3(C)C)cc21. The molecule has 0 N–H and O–H groups in total. The van der Waals surface area contributed by atoms with Gasteiger partial charge in [-0.05, 0) is 74.7 Å². The fourth-order valence-electron chi connectivity index (χ4n) is 7.89. The highest BCUT2D eigenvalue weighted by molar-refractivity contribution is 7.23. The number of aryl methyl sites for hydroxylation is 2. The van der Waals surface area contributed by atoms with E-state index in [1.807, 2.05) is 43.4 Å². The van der Waals surface area contributed by atoms with Gasteiger partial charge in [0.2, 0.25) is 0 Å². The van der Waals surface area contributed by atoms with Crippen molar-refractivity contribution in [2.24, 2.45) is 0 Å². The maximum absolute atomic E-state index is 10.1. The van der Waals surface area contributed by atoms with Crippen molar-refractivity contribution in [2.45, 2.75) is 97.8 Å². The molecule has 2 aromatic carbocycles. The number of aromatic nitrogens is 2. The number of anilines is 1. The quantitative estimate of drug-likeness (QED) is 0.0813. The minimum absolute atomic E-state index is 0.0639. The number of rotatable bonds is 14. The molecular weight excluding hydrogens is 717 g/mol. The number of ether oxygens (including phenoxy) is 1. The fraction of sp³-hybridized carbons (Fsp3) is 0.370. The van der Waals surface area contributed by atoms with Crippen molar-refractivity contribution in [3.8, 4) is 28.6 Å². The third kappa shape index (κ3) is 7.06. The van der Waals surface area contributed by atoms with Crippen LogP contribution in [0.5, 0.6) is 0 Å². The largest absolute Gasteiger partial charge is 0.480 e. The van der Waals surface area contributed by atoms with E-state index in [4.69, 9.17) is 4.74 Å². The predicted octanol–water partition coefficient (Wildman–Crippen LogP) is 12.9. The second-order valence-corrected chi connectivity index (χ2v) is 17.4. The van der Waals surface area contributed by atoms with Gasteiger partial charge in [-0.25, -0.2) is 0 Å². The molecule has 5 heterocycles. The number of thiophene rings is 2. The van der Waals surface area contributed by atoms with Crippen molar-refractivity contribution in [1.29, 1.82) is 15.8 Å². The number of allylic oxidation sites excluding steroid dienone is 2. The number of fused-ring (bicyclic) bond motifs is 6. The summed E-state index contributed by atoms with van der Waals surface area (Å²) in [5, 5.41) is 31.7. The molecule has 1 aliphatic rings. The van der Waals surface area contributed by atoms with Crippen molar-refractivity contribution in [2.75, 3.05) is 19.0 Å². The molecule has 0 bridgehead atoms. The van der Waals surface area contributed by atoms with Gasteiger partial charge in [0, 0.05) is 59.0 Å². The Balaban J connectivity index is 1.38. The molecule has 0 unspecified atom stereocenters. The third-order valence-corrected chi connectivity index (χ3v) is 13.2. The zero-order chi connectivity index (χ0) is 38.9. The normalized spacial score (nSPS) is 14.1. The molecule has 0 radical (unpaired) electrons. The summed E-state index contributed by atoms with van der Waals surface area (Å²) in [5.74, 6) is 0.0639. The Kier molecular flexibility index (Phi) is 10.9. The maximum Gasteiger partial charge on any atom is 0.172 e. The van der Waals surface area contributed by atoms with Gasteiger partial charge in [0.15, 0.2) is 11.3 Å². The van der Waals surface area contributed by atoms with Crippen LogP contribution >= 0.6 is 22.7 Å². The fourth-order valence-corrected chi connectivity index (χ4v) is 10.2. The van der Waals surface area contributed by atoms with E-state index in [1.165, 1.54) is 96.9 Å². The zero-order valence-corrected chi connectivity index (χ0v) is 34.4. The van der Waals surface area contributed by atoms with Crippen LogP contribution in [-0.4, -0.2) is 28.8 Å². The topological polar surface area (TPSA) is 93.7 Å². The number of nitriles is 3. The molecule has 1 aliphatic heterocycles. The van der Waals surface area contributed by atoms with Gasteiger partial charge in [0.1, 0.15) is 29.4 Å². The summed E-state index contributed by atoms with van der Waals surface area (Å²) in [4.78, 5) is 4.52. The van der Waals surface area contributed by atoms with Crippen LogP contribution in [-0.2, 0) is 17.8 Å². The Bertz CT molecular complexity index is 2620. The summed E-state index contributed by atoms with van der Waals surface area (Å²) >= 11 is 3.68. The van der Waals surface area contributed by atoms with Crippen LogP contribution in [0.4, 0.5) is 5.69 Å². The second kappa shape index (κ2) is 15.8. The lowest BCUT2D eigenvalue weighted by atomic mass is 9.94. The van der Waals surface area contributed by atoms with Gasteiger partial charge in [-0.15, -0.1) is 22.7 Å². The summed E-state index contributed by atoms with van der Waals surface area (Å²) in [7, 11) is 4.16. The van der Waals surface area contributed by atoms with E-state index in [0.29, 0.717) is 5.57 Å². The predicted molar refractivity (Wildman–Crippen MR) is 231 cm³/mol. The zero-order valence-electron chi connectivity index (χ0n) is 32.8. The average molecular weight is 765 g/mol. The lowest BCUT2D eigenvalue weighted by molar-refractivity contribution is 0.0954. The minimum Gasteiger partial charge on any atom is -0.480 e. The highest BCUT2D eigenvalue weighted by atomic mass is 32.1. The molecule has 280 valence electrons. The molecule has 9 heteroatoms. The second-order valence-electron chi connectivity index (χ2n) is 15.2. The summed E-state index contributed by atoms with van der Waals surface area (Å²) in [6.07, 6.45) is 13.5. The van der Waals surface area contributed by atoms with E-state index in [0.717, 1.165) is 30.8 Å². The monoisotopic (exact) mass is 764 g/mol. The Labute approximate surface area is 332 Å². The van der Waals surface area contributed by atoms with E-state index in [9.17, 15) is 15.8 Å². The van der Waals surface area contributed by atoms with E-state index >= 15 is 0 Å². The van der Waals surface area contributed by atoms with E-state index < -0.39 is 5.60 Å². The molecule has 6 aromatic rings. The molecule has 7 nitrogen and oxygen atoms in total. The standard InChI is InChI=1S/C46H48N6OS2/c1-7-9-11-13-21-51-38-25-35-39(52(22-14-12-10-8-2)41-26-42(55-45(35)41)30-15-17-32(18-16-30)50(5)6)24-34(38)44-40(51)23-33(54-44)19-20-37-36(29-49)43(31(27-47)28-48)53-46(37,3)4/h15-20,23-26H,7-14,21-22H2,1-6H3/b20-19+. The Morgan fingerprint density at radius 3 is 1.87 bits per heavy atom. The van der Waals surface area contributed by atoms with Gasteiger partial charge in [0.05, 0.1) is 31.5 Å². The molecule has 0 atom stereocenters. The molecule has 0 saturated heterocycles.